The summed E-state index contributed by atoms with van der Waals surface area (Å²) in [6, 6.07) is 6.93. The van der Waals surface area contributed by atoms with Gasteiger partial charge in [-0.2, -0.15) is 0 Å². The van der Waals surface area contributed by atoms with Gasteiger partial charge in [0.25, 0.3) is 5.91 Å². The van der Waals surface area contributed by atoms with Crippen molar-refractivity contribution in [3.63, 3.8) is 0 Å². The Morgan fingerprint density at radius 1 is 1.29 bits per heavy atom. The first-order valence-corrected chi connectivity index (χ1v) is 9.28. The Labute approximate surface area is 176 Å². The third-order valence-electron chi connectivity index (χ3n) is 4.30. The molecule has 1 saturated heterocycles. The zero-order valence-corrected chi connectivity index (χ0v) is 16.4. The van der Waals surface area contributed by atoms with Crippen LogP contribution in [0.3, 0.4) is 0 Å². The van der Waals surface area contributed by atoms with Crippen LogP contribution in [-0.2, 0) is 36.9 Å². The van der Waals surface area contributed by atoms with Gasteiger partial charge in [-0.25, -0.2) is 9.59 Å². The summed E-state index contributed by atoms with van der Waals surface area (Å²) in [6.07, 6.45) is -0.259. The van der Waals surface area contributed by atoms with Gasteiger partial charge in [0, 0.05) is 30.0 Å². The van der Waals surface area contributed by atoms with Gasteiger partial charge < -0.3 is 30.5 Å². The van der Waals surface area contributed by atoms with Crippen LogP contribution >= 0.6 is 0 Å². The molecule has 1 aliphatic heterocycles. The number of hydrogen-bond donors (Lipinski definition) is 4. The van der Waals surface area contributed by atoms with Gasteiger partial charge in [0.1, 0.15) is 6.61 Å². The molecule has 2 heterocycles. The molecule has 0 spiro atoms. The number of carbonyl (C=O) groups excluding carboxylic acids is 3. The van der Waals surface area contributed by atoms with Gasteiger partial charge in [0.2, 0.25) is 0 Å². The van der Waals surface area contributed by atoms with Crippen molar-refractivity contribution in [3.05, 3.63) is 41.6 Å². The van der Waals surface area contributed by atoms with Gasteiger partial charge in [-0.15, -0.1) is 5.06 Å². The second-order valence-corrected chi connectivity index (χ2v) is 6.67. The van der Waals surface area contributed by atoms with Crippen LogP contribution < -0.4 is 11.1 Å². The Kier molecular flexibility index (Phi) is 6.82. The topological polar surface area (TPSA) is 177 Å². The molecule has 3 rings (SSSR count). The number of aliphatic hydroxyl groups is 1. The standard InChI is InChI=1S/C19H21N5O7/c20-18(21)23-10-30-19(28)29-9-12-5-13-2-1-11(6-14(13)22-8-12)7-17(27)31-24-15(25)3-4-16(24)26/h1-2,5-6,8,15,25H,3-4,7,9-10H2,(H4,20,21,23). The number of nitrogens with one attached hydrogen (secondary N) is 2. The predicted octanol–water partition coefficient (Wildman–Crippen LogP) is 0.270. The second-order valence-electron chi connectivity index (χ2n) is 6.67. The number of fused-ring (bicyclic) bond motifs is 1. The maximum atomic E-state index is 12.1. The smallest absolute Gasteiger partial charge is 0.429 e. The van der Waals surface area contributed by atoms with E-state index in [0.717, 1.165) is 5.39 Å². The Hall–Kier alpha value is -3.93. The van der Waals surface area contributed by atoms with Crippen LogP contribution in [0.1, 0.15) is 24.0 Å². The lowest BCUT2D eigenvalue weighted by molar-refractivity contribution is -0.220. The fraction of sp³-hybridized carbons (Fsp3) is 0.316. The molecule has 1 atom stereocenters. The monoisotopic (exact) mass is 431 g/mol. The molecule has 1 aromatic carbocycles. The summed E-state index contributed by atoms with van der Waals surface area (Å²) in [5.41, 5.74) is 6.92. The van der Waals surface area contributed by atoms with E-state index in [9.17, 15) is 19.5 Å². The SMILES string of the molecule is N=C(N)NCOC(=O)OCc1cnc2cc(CC(=O)ON3C(=O)CCC3O)ccc2c1. The molecule has 1 fully saturated rings. The number of carbonyl (C=O) groups is 3. The summed E-state index contributed by atoms with van der Waals surface area (Å²) in [7, 11) is 0. The van der Waals surface area contributed by atoms with Gasteiger partial charge >= 0.3 is 12.1 Å². The van der Waals surface area contributed by atoms with Crippen molar-refractivity contribution in [2.24, 2.45) is 5.73 Å². The van der Waals surface area contributed by atoms with E-state index in [4.69, 9.17) is 20.7 Å². The average Bonchev–Trinajstić information content (AvgIpc) is 3.04. The van der Waals surface area contributed by atoms with Crippen molar-refractivity contribution in [2.75, 3.05) is 6.73 Å². The number of aliphatic hydroxyl groups excluding tert-OH is 1. The molecule has 5 N–H and O–H groups in total. The fourth-order valence-corrected chi connectivity index (χ4v) is 2.82. The molecule has 0 aliphatic carbocycles. The number of ether oxygens (including phenoxy) is 2. The normalized spacial score (nSPS) is 15.6. The Balaban J connectivity index is 1.54. The van der Waals surface area contributed by atoms with Gasteiger partial charge in [-0.1, -0.05) is 12.1 Å². The zero-order valence-electron chi connectivity index (χ0n) is 16.4. The Morgan fingerprint density at radius 2 is 2.10 bits per heavy atom. The van der Waals surface area contributed by atoms with E-state index >= 15 is 0 Å². The maximum absolute atomic E-state index is 12.1. The number of nitrogens with two attached hydrogens (primary N) is 1. The van der Waals surface area contributed by atoms with E-state index < -0.39 is 24.3 Å². The summed E-state index contributed by atoms with van der Waals surface area (Å²) in [4.78, 5) is 44.4. The maximum Gasteiger partial charge on any atom is 0.510 e. The summed E-state index contributed by atoms with van der Waals surface area (Å²) >= 11 is 0. The third-order valence-corrected chi connectivity index (χ3v) is 4.30. The summed E-state index contributed by atoms with van der Waals surface area (Å²) in [5.74, 6) is -1.44. The van der Waals surface area contributed by atoms with Crippen molar-refractivity contribution in [2.45, 2.75) is 32.1 Å². The van der Waals surface area contributed by atoms with E-state index in [1.165, 1.54) is 6.20 Å². The van der Waals surface area contributed by atoms with Gasteiger partial charge in [-0.3, -0.25) is 15.2 Å². The highest BCUT2D eigenvalue weighted by atomic mass is 16.7. The Morgan fingerprint density at radius 3 is 2.81 bits per heavy atom. The van der Waals surface area contributed by atoms with Crippen molar-refractivity contribution in [1.82, 2.24) is 15.4 Å². The Bertz CT molecular complexity index is 1010. The third kappa shape index (κ3) is 6.02. The molecule has 31 heavy (non-hydrogen) atoms. The molecule has 1 aliphatic rings. The number of guanidine groups is 1. The van der Waals surface area contributed by atoms with Crippen molar-refractivity contribution in [3.8, 4) is 0 Å². The lowest BCUT2D eigenvalue weighted by Gasteiger charge is -2.18. The molecule has 12 heteroatoms. The number of amides is 1. The number of hydrogen-bond acceptors (Lipinski definition) is 9. The quantitative estimate of drug-likeness (QED) is 0.206. The van der Waals surface area contributed by atoms with E-state index in [-0.39, 0.29) is 38.6 Å². The molecular formula is C19H21N5O7. The van der Waals surface area contributed by atoms with E-state index in [1.54, 1.807) is 24.3 Å². The first-order chi connectivity index (χ1) is 14.8. The first kappa shape index (κ1) is 21.8. The summed E-state index contributed by atoms with van der Waals surface area (Å²) in [5, 5.41) is 20.4. The van der Waals surface area contributed by atoms with Crippen LogP contribution in [0.25, 0.3) is 10.9 Å². The molecule has 0 saturated carbocycles. The lowest BCUT2D eigenvalue weighted by Crippen LogP contribution is -2.35. The number of pyridine rings is 1. The highest BCUT2D eigenvalue weighted by molar-refractivity contribution is 5.83. The molecule has 0 bridgehead atoms. The van der Waals surface area contributed by atoms with Crippen LogP contribution in [0, 0.1) is 5.41 Å². The van der Waals surface area contributed by atoms with E-state index in [0.29, 0.717) is 21.7 Å². The van der Waals surface area contributed by atoms with Crippen LogP contribution in [0.4, 0.5) is 4.79 Å². The highest BCUT2D eigenvalue weighted by Crippen LogP contribution is 2.19. The molecule has 0 radical (unpaired) electrons. The van der Waals surface area contributed by atoms with Crippen molar-refractivity contribution < 1.29 is 33.8 Å². The fourth-order valence-electron chi connectivity index (χ4n) is 2.82. The predicted molar refractivity (Wildman–Crippen MR) is 105 cm³/mol. The van der Waals surface area contributed by atoms with Crippen LogP contribution in [0.5, 0.6) is 0 Å². The molecule has 1 amide bonds. The van der Waals surface area contributed by atoms with Crippen LogP contribution in [0.2, 0.25) is 0 Å². The molecular weight excluding hydrogens is 410 g/mol. The van der Waals surface area contributed by atoms with E-state index in [1.807, 2.05) is 0 Å². The summed E-state index contributed by atoms with van der Waals surface area (Å²) in [6.45, 7) is -0.345. The molecule has 12 nitrogen and oxygen atoms in total. The molecule has 164 valence electrons. The van der Waals surface area contributed by atoms with Crippen molar-refractivity contribution in [1.29, 1.82) is 5.41 Å². The second kappa shape index (κ2) is 9.71. The minimum Gasteiger partial charge on any atom is -0.429 e. The minimum absolute atomic E-state index is 0.0673. The van der Waals surface area contributed by atoms with Gasteiger partial charge in [0.05, 0.1) is 11.9 Å². The summed E-state index contributed by atoms with van der Waals surface area (Å²) < 4.78 is 9.63. The lowest BCUT2D eigenvalue weighted by atomic mass is 10.1. The van der Waals surface area contributed by atoms with Crippen LogP contribution in [0.15, 0.2) is 30.5 Å². The first-order valence-electron chi connectivity index (χ1n) is 9.28. The molecule has 1 unspecified atom stereocenters. The highest BCUT2D eigenvalue weighted by Gasteiger charge is 2.32. The van der Waals surface area contributed by atoms with Crippen molar-refractivity contribution >= 4 is 34.9 Å². The number of rotatable bonds is 7. The number of nitrogens with zero attached hydrogens (tertiary/aromatic N) is 2. The zero-order chi connectivity index (χ0) is 22.4. The van der Waals surface area contributed by atoms with Crippen LogP contribution in [-0.4, -0.2) is 52.1 Å². The largest absolute Gasteiger partial charge is 0.510 e. The molecule has 2 aromatic rings. The van der Waals surface area contributed by atoms with Gasteiger partial charge in [-0.05, 0) is 17.7 Å². The van der Waals surface area contributed by atoms with Gasteiger partial charge in [0.15, 0.2) is 18.9 Å². The number of benzene rings is 1. The molecule has 1 aromatic heterocycles. The minimum atomic E-state index is -1.11. The number of hydroxylamine groups is 2. The average molecular weight is 431 g/mol. The number of aromatic nitrogens is 1. The van der Waals surface area contributed by atoms with E-state index in [2.05, 4.69) is 15.0 Å².